The van der Waals surface area contributed by atoms with E-state index in [1.807, 2.05) is 37.3 Å². The van der Waals surface area contributed by atoms with Gasteiger partial charge in [-0.2, -0.15) is 0 Å². The molecule has 5 heteroatoms. The molecule has 2 N–H and O–H groups in total. The van der Waals surface area contributed by atoms with Gasteiger partial charge in [0, 0.05) is 5.69 Å². The van der Waals surface area contributed by atoms with Crippen LogP contribution < -0.4 is 19.9 Å². The Morgan fingerprint density at radius 2 is 2.00 bits per heavy atom. The van der Waals surface area contributed by atoms with E-state index in [2.05, 4.69) is 0 Å². The molecule has 0 unspecified atom stereocenters. The second kappa shape index (κ2) is 5.74. The first-order valence-electron chi connectivity index (χ1n) is 6.70. The number of fused-ring (bicyclic) bond motifs is 1. The molecule has 0 saturated heterocycles. The number of benzene rings is 2. The van der Waals surface area contributed by atoms with Crippen molar-refractivity contribution in [3.63, 3.8) is 0 Å². The van der Waals surface area contributed by atoms with E-state index in [9.17, 15) is 0 Å². The molecule has 0 saturated carbocycles. The zero-order valence-electron chi connectivity index (χ0n) is 11.7. The first-order chi connectivity index (χ1) is 10.1. The Kier molecular flexibility index (Phi) is 3.80. The molecular weight excluding hydrogens is 290 g/mol. The van der Waals surface area contributed by atoms with Crippen LogP contribution in [0, 0.1) is 6.92 Å². The van der Waals surface area contributed by atoms with E-state index in [0.29, 0.717) is 36.3 Å². The number of hydrogen-bond acceptors (Lipinski definition) is 4. The van der Waals surface area contributed by atoms with E-state index in [1.54, 1.807) is 0 Å². The maximum atomic E-state index is 6.20. The summed E-state index contributed by atoms with van der Waals surface area (Å²) in [5.41, 5.74) is 8.38. The van der Waals surface area contributed by atoms with Crippen LogP contribution in [0.25, 0.3) is 0 Å². The number of nitrogen functional groups attached to an aromatic ring is 1. The molecule has 0 bridgehead atoms. The van der Waals surface area contributed by atoms with Gasteiger partial charge in [0.15, 0.2) is 11.5 Å². The van der Waals surface area contributed by atoms with Gasteiger partial charge in [0.25, 0.3) is 0 Å². The summed E-state index contributed by atoms with van der Waals surface area (Å²) in [6, 6.07) is 9.30. The van der Waals surface area contributed by atoms with Gasteiger partial charge in [-0.25, -0.2) is 0 Å². The first kappa shape index (κ1) is 13.9. The Morgan fingerprint density at radius 1 is 1.19 bits per heavy atom. The lowest BCUT2D eigenvalue weighted by molar-refractivity contribution is 0.171. The third-order valence-corrected chi connectivity index (χ3v) is 3.53. The standard InChI is InChI=1S/C16H16ClNO3/c1-10-6-12(18)2-3-14(10)21-9-11-7-13(17)16-15(8-11)19-4-5-20-16/h2-3,6-8H,4-5,9,18H2,1H3. The molecule has 3 rings (SSSR count). The molecule has 0 aliphatic carbocycles. The molecule has 1 aliphatic rings. The van der Waals surface area contributed by atoms with Crippen LogP contribution in [0.2, 0.25) is 5.02 Å². The maximum absolute atomic E-state index is 6.20. The van der Waals surface area contributed by atoms with Crippen LogP contribution in [0.4, 0.5) is 5.69 Å². The lowest BCUT2D eigenvalue weighted by atomic mass is 10.2. The number of halogens is 1. The molecule has 110 valence electrons. The third kappa shape index (κ3) is 3.00. The van der Waals surface area contributed by atoms with Gasteiger partial charge in [0.1, 0.15) is 25.6 Å². The van der Waals surface area contributed by atoms with Gasteiger partial charge >= 0.3 is 0 Å². The summed E-state index contributed by atoms with van der Waals surface area (Å²) in [6.45, 7) is 3.42. The molecule has 1 aliphatic heterocycles. The normalized spacial score (nSPS) is 13.0. The minimum Gasteiger partial charge on any atom is -0.489 e. The van der Waals surface area contributed by atoms with Crippen molar-refractivity contribution in [3.8, 4) is 17.2 Å². The van der Waals surface area contributed by atoms with E-state index >= 15 is 0 Å². The number of rotatable bonds is 3. The van der Waals surface area contributed by atoms with E-state index < -0.39 is 0 Å². The summed E-state index contributed by atoms with van der Waals surface area (Å²) >= 11 is 6.20. The van der Waals surface area contributed by atoms with E-state index in [4.69, 9.17) is 31.5 Å². The molecule has 0 radical (unpaired) electrons. The molecule has 21 heavy (non-hydrogen) atoms. The van der Waals surface area contributed by atoms with Gasteiger partial charge < -0.3 is 19.9 Å². The topological polar surface area (TPSA) is 53.7 Å². The van der Waals surface area contributed by atoms with Crippen LogP contribution in [-0.4, -0.2) is 13.2 Å². The quantitative estimate of drug-likeness (QED) is 0.881. The van der Waals surface area contributed by atoms with Crippen LogP contribution in [-0.2, 0) is 6.61 Å². The van der Waals surface area contributed by atoms with Gasteiger partial charge in [0.05, 0.1) is 5.02 Å². The fourth-order valence-corrected chi connectivity index (χ4v) is 2.53. The van der Waals surface area contributed by atoms with Crippen LogP contribution in [0.15, 0.2) is 30.3 Å². The average Bonchev–Trinajstić information content (AvgIpc) is 2.46. The van der Waals surface area contributed by atoms with Gasteiger partial charge in [-0.3, -0.25) is 0 Å². The predicted octanol–water partition coefficient (Wildman–Crippen LogP) is 3.58. The van der Waals surface area contributed by atoms with Crippen molar-refractivity contribution in [2.24, 2.45) is 0 Å². The van der Waals surface area contributed by atoms with Crippen molar-refractivity contribution >= 4 is 17.3 Å². The van der Waals surface area contributed by atoms with Crippen molar-refractivity contribution in [2.75, 3.05) is 18.9 Å². The highest BCUT2D eigenvalue weighted by Crippen LogP contribution is 2.38. The summed E-state index contributed by atoms with van der Waals surface area (Å²) < 4.78 is 16.9. The van der Waals surface area contributed by atoms with Crippen molar-refractivity contribution in [1.82, 2.24) is 0 Å². The molecular formula is C16H16ClNO3. The maximum Gasteiger partial charge on any atom is 0.179 e. The Bertz CT molecular complexity index is 673. The number of hydrogen-bond donors (Lipinski definition) is 1. The van der Waals surface area contributed by atoms with Gasteiger partial charge in [-0.1, -0.05) is 11.6 Å². The minimum absolute atomic E-state index is 0.404. The number of aryl methyl sites for hydroxylation is 1. The molecule has 0 aromatic heterocycles. The third-order valence-electron chi connectivity index (χ3n) is 3.25. The molecule has 1 heterocycles. The molecule has 4 nitrogen and oxygen atoms in total. The monoisotopic (exact) mass is 305 g/mol. The summed E-state index contributed by atoms with van der Waals surface area (Å²) in [5.74, 6) is 2.08. The highest BCUT2D eigenvalue weighted by atomic mass is 35.5. The summed E-state index contributed by atoms with van der Waals surface area (Å²) in [6.07, 6.45) is 0. The minimum atomic E-state index is 0.404. The average molecular weight is 306 g/mol. The van der Waals surface area contributed by atoms with E-state index in [0.717, 1.165) is 22.6 Å². The summed E-state index contributed by atoms with van der Waals surface area (Å²) in [5, 5.41) is 0.542. The molecule has 0 atom stereocenters. The molecule has 0 amide bonds. The Balaban J connectivity index is 1.77. The fourth-order valence-electron chi connectivity index (χ4n) is 2.24. The van der Waals surface area contributed by atoms with E-state index in [-0.39, 0.29) is 0 Å². The second-order valence-electron chi connectivity index (χ2n) is 4.92. The zero-order chi connectivity index (χ0) is 14.8. The smallest absolute Gasteiger partial charge is 0.179 e. The lowest BCUT2D eigenvalue weighted by Crippen LogP contribution is -2.16. The SMILES string of the molecule is Cc1cc(N)ccc1OCc1cc(Cl)c2c(c1)OCCO2. The van der Waals surface area contributed by atoms with Crippen LogP contribution >= 0.6 is 11.6 Å². The fraction of sp³-hybridized carbons (Fsp3) is 0.250. The number of nitrogens with two attached hydrogens (primary N) is 1. The highest BCUT2D eigenvalue weighted by molar-refractivity contribution is 6.32. The largest absolute Gasteiger partial charge is 0.489 e. The summed E-state index contributed by atoms with van der Waals surface area (Å²) in [4.78, 5) is 0. The van der Waals surface area contributed by atoms with Crippen molar-refractivity contribution in [2.45, 2.75) is 13.5 Å². The number of ether oxygens (including phenoxy) is 3. The first-order valence-corrected chi connectivity index (χ1v) is 7.08. The van der Waals surface area contributed by atoms with Crippen molar-refractivity contribution in [1.29, 1.82) is 0 Å². The Morgan fingerprint density at radius 3 is 2.81 bits per heavy atom. The van der Waals surface area contributed by atoms with Crippen LogP contribution in [0.3, 0.4) is 0 Å². The summed E-state index contributed by atoms with van der Waals surface area (Å²) in [7, 11) is 0. The predicted molar refractivity (Wildman–Crippen MR) is 82.4 cm³/mol. The zero-order valence-corrected chi connectivity index (χ0v) is 12.4. The van der Waals surface area contributed by atoms with Gasteiger partial charge in [-0.15, -0.1) is 0 Å². The van der Waals surface area contributed by atoms with Gasteiger partial charge in [-0.05, 0) is 48.4 Å². The lowest BCUT2D eigenvalue weighted by Gasteiger charge is -2.20. The van der Waals surface area contributed by atoms with E-state index in [1.165, 1.54) is 0 Å². The molecule has 0 fully saturated rings. The molecule has 0 spiro atoms. The van der Waals surface area contributed by atoms with Crippen LogP contribution in [0.5, 0.6) is 17.2 Å². The highest BCUT2D eigenvalue weighted by Gasteiger charge is 2.16. The number of anilines is 1. The molecule has 2 aromatic carbocycles. The van der Waals surface area contributed by atoms with Gasteiger partial charge in [0.2, 0.25) is 0 Å². The van der Waals surface area contributed by atoms with Crippen LogP contribution in [0.1, 0.15) is 11.1 Å². The van der Waals surface area contributed by atoms with Crippen molar-refractivity contribution < 1.29 is 14.2 Å². The molecule has 2 aromatic rings. The second-order valence-corrected chi connectivity index (χ2v) is 5.32. The Hall–Kier alpha value is -2.07. The van der Waals surface area contributed by atoms with Crippen molar-refractivity contribution in [3.05, 3.63) is 46.5 Å². The Labute approximate surface area is 128 Å².